The zero-order valence-corrected chi connectivity index (χ0v) is 15.3. The van der Waals surface area contributed by atoms with Gasteiger partial charge in [-0.25, -0.2) is 0 Å². The van der Waals surface area contributed by atoms with Crippen molar-refractivity contribution in [1.82, 2.24) is 5.32 Å². The molecule has 2 amide bonds. The lowest BCUT2D eigenvalue weighted by atomic mass is 9.87. The Balaban J connectivity index is 1.85. The van der Waals surface area contributed by atoms with E-state index in [4.69, 9.17) is 0 Å². The van der Waals surface area contributed by atoms with Crippen LogP contribution in [0.5, 0.6) is 0 Å². The van der Waals surface area contributed by atoms with Crippen LogP contribution < -0.4 is 10.6 Å². The van der Waals surface area contributed by atoms with Gasteiger partial charge in [0.2, 0.25) is 5.91 Å². The van der Waals surface area contributed by atoms with Gasteiger partial charge < -0.3 is 10.6 Å². The molecule has 0 unspecified atom stereocenters. The Labute approximate surface area is 149 Å². The molecule has 0 aliphatic rings. The lowest BCUT2D eigenvalue weighted by Crippen LogP contribution is -2.25. The third-order valence-electron chi connectivity index (χ3n) is 3.99. The number of hydrogen-bond donors (Lipinski definition) is 2. The monoisotopic (exact) mass is 338 g/mol. The van der Waals surface area contributed by atoms with E-state index >= 15 is 0 Å². The standard InChI is InChI=1S/C21H26N2O2/c1-15(24)23-19-11-5-16(6-12-19)13-14-22-20(25)17-7-9-18(10-8-17)21(2,3)4/h5-12H,13-14H2,1-4H3,(H,22,25)(H,23,24). The van der Waals surface area contributed by atoms with E-state index in [-0.39, 0.29) is 17.2 Å². The van der Waals surface area contributed by atoms with Crippen molar-refractivity contribution in [3.8, 4) is 0 Å². The van der Waals surface area contributed by atoms with Crippen LogP contribution in [0.4, 0.5) is 5.69 Å². The van der Waals surface area contributed by atoms with Crippen LogP contribution in [-0.4, -0.2) is 18.4 Å². The topological polar surface area (TPSA) is 58.2 Å². The van der Waals surface area contributed by atoms with E-state index in [1.165, 1.54) is 12.5 Å². The molecule has 0 bridgehead atoms. The lowest BCUT2D eigenvalue weighted by molar-refractivity contribution is -0.114. The summed E-state index contributed by atoms with van der Waals surface area (Å²) in [5.74, 6) is -0.146. The van der Waals surface area contributed by atoms with Gasteiger partial charge in [0.15, 0.2) is 0 Å². The fraction of sp³-hybridized carbons (Fsp3) is 0.333. The Bertz CT molecular complexity index is 726. The normalized spacial score (nSPS) is 11.0. The van der Waals surface area contributed by atoms with Crippen molar-refractivity contribution in [2.24, 2.45) is 0 Å². The second-order valence-corrected chi connectivity index (χ2v) is 7.21. The highest BCUT2D eigenvalue weighted by molar-refractivity contribution is 5.94. The van der Waals surface area contributed by atoms with Gasteiger partial charge in [0.1, 0.15) is 0 Å². The van der Waals surface area contributed by atoms with Crippen LogP contribution in [0.25, 0.3) is 0 Å². The van der Waals surface area contributed by atoms with Gasteiger partial charge in [-0.1, -0.05) is 45.0 Å². The molecular formula is C21H26N2O2. The van der Waals surface area contributed by atoms with Gasteiger partial charge in [-0.15, -0.1) is 0 Å². The average Bonchev–Trinajstić information content (AvgIpc) is 2.55. The molecule has 0 atom stereocenters. The highest BCUT2D eigenvalue weighted by atomic mass is 16.2. The van der Waals surface area contributed by atoms with Gasteiger partial charge in [-0.3, -0.25) is 9.59 Å². The molecule has 2 aromatic rings. The minimum atomic E-state index is -0.0857. The van der Waals surface area contributed by atoms with Crippen LogP contribution in [0, 0.1) is 0 Å². The molecule has 0 saturated heterocycles. The first-order valence-corrected chi connectivity index (χ1v) is 8.51. The van der Waals surface area contributed by atoms with Crippen LogP contribution in [0.15, 0.2) is 48.5 Å². The van der Waals surface area contributed by atoms with E-state index in [2.05, 4.69) is 31.4 Å². The van der Waals surface area contributed by atoms with Crippen LogP contribution in [0.1, 0.15) is 49.2 Å². The molecule has 0 aromatic heterocycles. The molecule has 4 nitrogen and oxygen atoms in total. The molecular weight excluding hydrogens is 312 g/mol. The van der Waals surface area contributed by atoms with E-state index in [0.29, 0.717) is 12.1 Å². The molecule has 0 spiro atoms. The van der Waals surface area contributed by atoms with Gasteiger partial charge in [0.05, 0.1) is 0 Å². The third kappa shape index (κ3) is 5.75. The van der Waals surface area contributed by atoms with E-state index in [9.17, 15) is 9.59 Å². The van der Waals surface area contributed by atoms with Gasteiger partial charge in [0.25, 0.3) is 5.91 Å². The minimum Gasteiger partial charge on any atom is -0.352 e. The predicted octanol–water partition coefficient (Wildman–Crippen LogP) is 3.92. The maximum Gasteiger partial charge on any atom is 0.251 e. The van der Waals surface area contributed by atoms with Crippen molar-refractivity contribution in [2.45, 2.75) is 39.5 Å². The summed E-state index contributed by atoms with van der Waals surface area (Å²) in [7, 11) is 0. The van der Waals surface area contributed by atoms with Crippen LogP contribution in [0.3, 0.4) is 0 Å². The SMILES string of the molecule is CC(=O)Nc1ccc(CCNC(=O)c2ccc(C(C)(C)C)cc2)cc1. The maximum absolute atomic E-state index is 12.2. The summed E-state index contributed by atoms with van der Waals surface area (Å²) in [6.07, 6.45) is 0.742. The molecule has 0 radical (unpaired) electrons. The van der Waals surface area contributed by atoms with Crippen LogP contribution in [-0.2, 0) is 16.6 Å². The third-order valence-corrected chi connectivity index (χ3v) is 3.99. The van der Waals surface area contributed by atoms with Crippen molar-refractivity contribution < 1.29 is 9.59 Å². The summed E-state index contributed by atoms with van der Waals surface area (Å²) >= 11 is 0. The van der Waals surface area contributed by atoms with Crippen molar-refractivity contribution >= 4 is 17.5 Å². The van der Waals surface area contributed by atoms with Gasteiger partial charge in [0, 0.05) is 24.7 Å². The fourth-order valence-electron chi connectivity index (χ4n) is 2.50. The molecule has 2 rings (SSSR count). The zero-order chi connectivity index (χ0) is 18.4. The van der Waals surface area contributed by atoms with Crippen LogP contribution in [0.2, 0.25) is 0 Å². The molecule has 2 aromatic carbocycles. The minimum absolute atomic E-state index is 0.0599. The van der Waals surface area contributed by atoms with Crippen molar-refractivity contribution in [3.63, 3.8) is 0 Å². The zero-order valence-electron chi connectivity index (χ0n) is 15.3. The highest BCUT2D eigenvalue weighted by Gasteiger charge is 2.14. The average molecular weight is 338 g/mol. The van der Waals surface area contributed by atoms with Crippen molar-refractivity contribution in [1.29, 1.82) is 0 Å². The Morgan fingerprint density at radius 3 is 2.04 bits per heavy atom. The number of benzene rings is 2. The number of hydrogen-bond acceptors (Lipinski definition) is 2. The summed E-state index contributed by atoms with van der Waals surface area (Å²) in [5.41, 5.74) is 3.85. The molecule has 25 heavy (non-hydrogen) atoms. The largest absolute Gasteiger partial charge is 0.352 e. The van der Waals surface area contributed by atoms with E-state index in [1.807, 2.05) is 48.5 Å². The summed E-state index contributed by atoms with van der Waals surface area (Å²) in [4.78, 5) is 23.2. The summed E-state index contributed by atoms with van der Waals surface area (Å²) in [6.45, 7) is 8.51. The van der Waals surface area contributed by atoms with Gasteiger partial charge >= 0.3 is 0 Å². The molecule has 0 aliphatic carbocycles. The Kier molecular flexibility index (Phi) is 5.97. The van der Waals surface area contributed by atoms with Crippen LogP contribution >= 0.6 is 0 Å². The Hall–Kier alpha value is -2.62. The first-order chi connectivity index (χ1) is 11.8. The number of amides is 2. The summed E-state index contributed by atoms with van der Waals surface area (Å²) < 4.78 is 0. The lowest BCUT2D eigenvalue weighted by Gasteiger charge is -2.19. The molecule has 132 valence electrons. The first-order valence-electron chi connectivity index (χ1n) is 8.51. The highest BCUT2D eigenvalue weighted by Crippen LogP contribution is 2.22. The molecule has 0 heterocycles. The Morgan fingerprint density at radius 1 is 0.920 bits per heavy atom. The molecule has 0 fully saturated rings. The quantitative estimate of drug-likeness (QED) is 0.868. The molecule has 2 N–H and O–H groups in total. The molecule has 4 heteroatoms. The molecule has 0 saturated carbocycles. The first kappa shape index (κ1) is 18.7. The number of carbonyl (C=O) groups is 2. The summed E-state index contributed by atoms with van der Waals surface area (Å²) in [5, 5.41) is 5.68. The fourth-order valence-corrected chi connectivity index (χ4v) is 2.50. The second kappa shape index (κ2) is 7.97. The predicted molar refractivity (Wildman–Crippen MR) is 102 cm³/mol. The Morgan fingerprint density at radius 2 is 1.52 bits per heavy atom. The maximum atomic E-state index is 12.2. The number of nitrogens with one attached hydrogen (secondary N) is 2. The summed E-state index contributed by atoms with van der Waals surface area (Å²) in [6, 6.07) is 15.4. The number of rotatable bonds is 5. The smallest absolute Gasteiger partial charge is 0.251 e. The number of carbonyl (C=O) groups excluding carboxylic acids is 2. The van der Waals surface area contributed by atoms with E-state index in [1.54, 1.807) is 0 Å². The van der Waals surface area contributed by atoms with Crippen molar-refractivity contribution in [3.05, 3.63) is 65.2 Å². The van der Waals surface area contributed by atoms with E-state index < -0.39 is 0 Å². The second-order valence-electron chi connectivity index (χ2n) is 7.21. The van der Waals surface area contributed by atoms with Crippen molar-refractivity contribution in [2.75, 3.05) is 11.9 Å². The number of anilines is 1. The van der Waals surface area contributed by atoms with Gasteiger partial charge in [-0.2, -0.15) is 0 Å². The van der Waals surface area contributed by atoms with Gasteiger partial charge in [-0.05, 0) is 47.2 Å². The molecule has 0 aliphatic heterocycles. The van der Waals surface area contributed by atoms with E-state index in [0.717, 1.165) is 17.7 Å².